The molecule has 1 aliphatic heterocycles. The molecule has 0 radical (unpaired) electrons. The van der Waals surface area contributed by atoms with Crippen LogP contribution in [0.3, 0.4) is 0 Å². The first-order chi connectivity index (χ1) is 9.41. The third kappa shape index (κ3) is 2.16. The van der Waals surface area contributed by atoms with Crippen LogP contribution in [0.2, 0.25) is 0 Å². The molecule has 1 aliphatic carbocycles. The van der Waals surface area contributed by atoms with Crippen molar-refractivity contribution in [2.24, 2.45) is 5.41 Å². The molecule has 2 aliphatic rings. The van der Waals surface area contributed by atoms with Crippen LogP contribution in [0.25, 0.3) is 0 Å². The molecule has 1 aromatic heterocycles. The first kappa shape index (κ1) is 13.7. The number of allylic oxidation sites excluding steroid dienone is 2. The molecule has 20 heavy (non-hydrogen) atoms. The highest BCUT2D eigenvalue weighted by molar-refractivity contribution is 7.99. The highest BCUT2D eigenvalue weighted by Gasteiger charge is 2.39. The zero-order chi connectivity index (χ0) is 14.5. The standard InChI is InChI=1S/C14H20N4OS/c1-5-20-13-16-12-15-9-6-14(3,4)7-10(19)11(9)8(2)18(12)17-13/h8H,5-7H2,1-4H3,(H,15,16,17). The Kier molecular flexibility index (Phi) is 3.16. The Labute approximate surface area is 123 Å². The van der Waals surface area contributed by atoms with Crippen LogP contribution in [0.1, 0.15) is 46.6 Å². The maximum absolute atomic E-state index is 12.4. The molecule has 0 aromatic carbocycles. The number of rotatable bonds is 2. The van der Waals surface area contributed by atoms with E-state index < -0.39 is 0 Å². The molecule has 5 nitrogen and oxygen atoms in total. The Bertz CT molecular complexity index is 602. The number of aromatic nitrogens is 3. The molecule has 0 saturated heterocycles. The summed E-state index contributed by atoms with van der Waals surface area (Å²) in [6, 6.07) is -0.0245. The molecule has 1 aromatic rings. The van der Waals surface area contributed by atoms with Gasteiger partial charge in [-0.15, -0.1) is 5.10 Å². The van der Waals surface area contributed by atoms with E-state index in [1.165, 1.54) is 0 Å². The minimum absolute atomic E-state index is 0.0197. The average Bonchev–Trinajstić information content (AvgIpc) is 2.70. The Balaban J connectivity index is 1.99. The monoisotopic (exact) mass is 292 g/mol. The number of fused-ring (bicyclic) bond motifs is 1. The van der Waals surface area contributed by atoms with E-state index >= 15 is 0 Å². The maximum Gasteiger partial charge on any atom is 0.227 e. The second-order valence-electron chi connectivity index (χ2n) is 6.23. The van der Waals surface area contributed by atoms with Crippen LogP contribution in [0.4, 0.5) is 5.95 Å². The summed E-state index contributed by atoms with van der Waals surface area (Å²) in [5.74, 6) is 1.94. The van der Waals surface area contributed by atoms with Crippen LogP contribution in [0.15, 0.2) is 16.4 Å². The number of nitrogens with one attached hydrogen (secondary N) is 1. The van der Waals surface area contributed by atoms with E-state index in [1.54, 1.807) is 11.8 Å². The quantitative estimate of drug-likeness (QED) is 0.849. The lowest BCUT2D eigenvalue weighted by Gasteiger charge is -2.36. The summed E-state index contributed by atoms with van der Waals surface area (Å²) < 4.78 is 1.84. The zero-order valence-corrected chi connectivity index (χ0v) is 13.2. The van der Waals surface area contributed by atoms with Gasteiger partial charge in [-0.2, -0.15) is 4.98 Å². The topological polar surface area (TPSA) is 59.8 Å². The van der Waals surface area contributed by atoms with Crippen molar-refractivity contribution in [2.75, 3.05) is 11.1 Å². The fraction of sp³-hybridized carbons (Fsp3) is 0.643. The number of carbonyl (C=O) groups excluding carboxylic acids is 1. The first-order valence-corrected chi connectivity index (χ1v) is 8.02. The van der Waals surface area contributed by atoms with Crippen molar-refractivity contribution in [1.82, 2.24) is 14.8 Å². The number of thioether (sulfide) groups is 1. The van der Waals surface area contributed by atoms with Gasteiger partial charge in [0.05, 0.1) is 6.04 Å². The molecule has 2 heterocycles. The second kappa shape index (κ2) is 4.62. The lowest BCUT2D eigenvalue weighted by Crippen LogP contribution is -2.35. The lowest BCUT2D eigenvalue weighted by atomic mass is 9.74. The smallest absolute Gasteiger partial charge is 0.227 e. The van der Waals surface area contributed by atoms with Gasteiger partial charge in [-0.05, 0) is 24.5 Å². The predicted octanol–water partition coefficient (Wildman–Crippen LogP) is 3.02. The molecule has 0 bridgehead atoms. The molecule has 6 heteroatoms. The summed E-state index contributed by atoms with van der Waals surface area (Å²) >= 11 is 1.62. The molecular formula is C14H20N4OS. The van der Waals surface area contributed by atoms with Crippen molar-refractivity contribution >= 4 is 23.5 Å². The minimum Gasteiger partial charge on any atom is -0.328 e. The van der Waals surface area contributed by atoms with E-state index in [2.05, 4.69) is 36.2 Å². The molecule has 0 spiro atoms. The number of hydrogen-bond acceptors (Lipinski definition) is 5. The number of Topliss-reactive ketones (excluding diaryl/α,β-unsaturated/α-hetero) is 1. The normalized spacial score (nSPS) is 24.2. The SMILES string of the molecule is CCSc1nc2n(n1)C(C)C1=C(CC(C)(C)CC1=O)N2. The Hall–Kier alpha value is -1.30. The molecule has 0 amide bonds. The molecular weight excluding hydrogens is 272 g/mol. The summed E-state index contributed by atoms with van der Waals surface area (Å²) in [5, 5.41) is 8.60. The first-order valence-electron chi connectivity index (χ1n) is 7.04. The van der Waals surface area contributed by atoms with E-state index in [0.29, 0.717) is 6.42 Å². The number of hydrogen-bond donors (Lipinski definition) is 1. The summed E-state index contributed by atoms with van der Waals surface area (Å²) in [4.78, 5) is 16.9. The van der Waals surface area contributed by atoms with Gasteiger partial charge >= 0.3 is 0 Å². The minimum atomic E-state index is -0.0245. The van der Waals surface area contributed by atoms with Gasteiger partial charge in [-0.3, -0.25) is 4.79 Å². The maximum atomic E-state index is 12.4. The van der Waals surface area contributed by atoms with Crippen molar-refractivity contribution in [3.8, 4) is 0 Å². The van der Waals surface area contributed by atoms with Crippen LogP contribution in [0.5, 0.6) is 0 Å². The highest BCUT2D eigenvalue weighted by Crippen LogP contribution is 2.43. The van der Waals surface area contributed by atoms with Crippen molar-refractivity contribution in [3.63, 3.8) is 0 Å². The van der Waals surface area contributed by atoms with Crippen LogP contribution in [-0.2, 0) is 4.79 Å². The third-order valence-corrected chi connectivity index (χ3v) is 4.57. The van der Waals surface area contributed by atoms with Gasteiger partial charge in [0, 0.05) is 17.7 Å². The molecule has 1 unspecified atom stereocenters. The van der Waals surface area contributed by atoms with E-state index in [0.717, 1.165) is 34.5 Å². The predicted molar refractivity (Wildman–Crippen MR) is 79.8 cm³/mol. The summed E-state index contributed by atoms with van der Waals surface area (Å²) in [6.45, 7) is 8.39. The number of ketones is 1. The summed E-state index contributed by atoms with van der Waals surface area (Å²) in [7, 11) is 0. The third-order valence-electron chi connectivity index (χ3n) is 3.85. The number of nitrogens with zero attached hydrogens (tertiary/aromatic N) is 3. The van der Waals surface area contributed by atoms with Gasteiger partial charge in [0.25, 0.3) is 0 Å². The molecule has 1 atom stereocenters. The largest absolute Gasteiger partial charge is 0.328 e. The highest BCUT2D eigenvalue weighted by atomic mass is 32.2. The summed E-state index contributed by atoms with van der Waals surface area (Å²) in [5.41, 5.74) is 1.94. The Morgan fingerprint density at radius 2 is 2.20 bits per heavy atom. The fourth-order valence-corrected chi connectivity index (χ4v) is 3.59. The average molecular weight is 292 g/mol. The fourth-order valence-electron chi connectivity index (χ4n) is 3.04. The molecule has 0 fully saturated rings. The van der Waals surface area contributed by atoms with Crippen molar-refractivity contribution in [1.29, 1.82) is 0 Å². The number of anilines is 1. The Morgan fingerprint density at radius 3 is 2.90 bits per heavy atom. The van der Waals surface area contributed by atoms with Crippen LogP contribution >= 0.6 is 11.8 Å². The van der Waals surface area contributed by atoms with Crippen LogP contribution in [0, 0.1) is 5.41 Å². The zero-order valence-electron chi connectivity index (χ0n) is 12.4. The van der Waals surface area contributed by atoms with Gasteiger partial charge in [0.15, 0.2) is 5.78 Å². The lowest BCUT2D eigenvalue weighted by molar-refractivity contribution is -0.118. The van der Waals surface area contributed by atoms with E-state index in [9.17, 15) is 4.79 Å². The van der Waals surface area contributed by atoms with E-state index in [-0.39, 0.29) is 17.2 Å². The van der Waals surface area contributed by atoms with Gasteiger partial charge < -0.3 is 5.32 Å². The van der Waals surface area contributed by atoms with Crippen molar-refractivity contribution in [2.45, 2.75) is 51.7 Å². The molecule has 3 rings (SSSR count). The summed E-state index contributed by atoms with van der Waals surface area (Å²) in [6.07, 6.45) is 1.50. The van der Waals surface area contributed by atoms with Gasteiger partial charge in [-0.1, -0.05) is 32.5 Å². The van der Waals surface area contributed by atoms with Gasteiger partial charge in [0.2, 0.25) is 11.1 Å². The second-order valence-corrected chi connectivity index (χ2v) is 7.46. The number of carbonyl (C=O) groups is 1. The van der Waals surface area contributed by atoms with Crippen molar-refractivity contribution < 1.29 is 4.79 Å². The molecule has 108 valence electrons. The van der Waals surface area contributed by atoms with Crippen LogP contribution < -0.4 is 5.32 Å². The van der Waals surface area contributed by atoms with E-state index in [1.807, 2.05) is 11.6 Å². The molecule has 1 N–H and O–H groups in total. The van der Waals surface area contributed by atoms with Crippen LogP contribution in [-0.4, -0.2) is 26.3 Å². The van der Waals surface area contributed by atoms with Gasteiger partial charge in [0.1, 0.15) is 0 Å². The molecule has 0 saturated carbocycles. The van der Waals surface area contributed by atoms with E-state index in [4.69, 9.17) is 0 Å². The van der Waals surface area contributed by atoms with Gasteiger partial charge in [-0.25, -0.2) is 4.68 Å². The Morgan fingerprint density at radius 1 is 1.45 bits per heavy atom. The van der Waals surface area contributed by atoms with Crippen molar-refractivity contribution in [3.05, 3.63) is 11.3 Å².